The lowest BCUT2D eigenvalue weighted by Crippen LogP contribution is -1.94. The number of nitrogens with zero attached hydrogens (tertiary/aromatic N) is 1. The van der Waals surface area contributed by atoms with Crippen LogP contribution in [0.3, 0.4) is 0 Å². The van der Waals surface area contributed by atoms with E-state index in [-0.39, 0.29) is 0 Å². The van der Waals surface area contributed by atoms with E-state index >= 15 is 0 Å². The maximum absolute atomic E-state index is 5.74. The number of H-pyrrole nitrogens is 1. The molecule has 2 aromatic heterocycles. The quantitative estimate of drug-likeness (QED) is 0.827. The summed E-state index contributed by atoms with van der Waals surface area (Å²) in [4.78, 5) is 7.34. The first kappa shape index (κ1) is 10.0. The van der Waals surface area contributed by atoms with E-state index < -0.39 is 0 Å². The first-order valence-electron chi connectivity index (χ1n) is 5.44. The van der Waals surface area contributed by atoms with Crippen molar-refractivity contribution in [1.29, 1.82) is 0 Å². The molecule has 15 heavy (non-hydrogen) atoms. The lowest BCUT2D eigenvalue weighted by Gasteiger charge is -2.05. The second kappa shape index (κ2) is 4.34. The van der Waals surface area contributed by atoms with Crippen LogP contribution in [0, 0.1) is 0 Å². The van der Waals surface area contributed by atoms with E-state index in [2.05, 4.69) is 23.8 Å². The number of nitrogens with one attached hydrogen (secondary N) is 1. The molecule has 0 bridgehead atoms. The van der Waals surface area contributed by atoms with E-state index in [1.807, 2.05) is 18.5 Å². The summed E-state index contributed by atoms with van der Waals surface area (Å²) in [7, 11) is 0. The Bertz CT molecular complexity index is 399. The van der Waals surface area contributed by atoms with Gasteiger partial charge in [-0.1, -0.05) is 13.8 Å². The normalized spacial score (nSPS) is 11.1. The largest absolute Gasteiger partial charge is 0.440 e. The van der Waals surface area contributed by atoms with Gasteiger partial charge in [0, 0.05) is 23.9 Å². The average Bonchev–Trinajstić information content (AvgIpc) is 2.89. The second-order valence-electron chi connectivity index (χ2n) is 3.68. The van der Waals surface area contributed by atoms with Gasteiger partial charge in [0.25, 0.3) is 0 Å². The summed E-state index contributed by atoms with van der Waals surface area (Å²) in [6, 6.07) is 1.98. The summed E-state index contributed by atoms with van der Waals surface area (Å²) in [5.41, 5.74) is 1.06. The average molecular weight is 204 g/mol. The van der Waals surface area contributed by atoms with E-state index in [0.717, 1.165) is 30.1 Å². The molecule has 0 aliphatic carbocycles. The number of oxazole rings is 1. The van der Waals surface area contributed by atoms with E-state index in [1.54, 1.807) is 6.20 Å². The molecule has 0 saturated heterocycles. The van der Waals surface area contributed by atoms with Crippen LogP contribution >= 0.6 is 0 Å². The lowest BCUT2D eigenvalue weighted by atomic mass is 10.0. The minimum Gasteiger partial charge on any atom is -0.440 e. The molecular weight excluding hydrogens is 188 g/mol. The highest BCUT2D eigenvalue weighted by Crippen LogP contribution is 2.26. The van der Waals surface area contributed by atoms with Gasteiger partial charge in [-0.15, -0.1) is 0 Å². The number of aromatic nitrogens is 2. The summed E-state index contributed by atoms with van der Waals surface area (Å²) >= 11 is 0. The number of aromatic amines is 1. The Labute approximate surface area is 89.5 Å². The van der Waals surface area contributed by atoms with Crippen LogP contribution in [0.2, 0.25) is 0 Å². The van der Waals surface area contributed by atoms with E-state index in [1.165, 1.54) is 0 Å². The molecule has 3 heteroatoms. The zero-order chi connectivity index (χ0) is 10.7. The molecule has 0 radical (unpaired) electrons. The van der Waals surface area contributed by atoms with Crippen molar-refractivity contribution < 1.29 is 4.42 Å². The number of rotatable bonds is 4. The lowest BCUT2D eigenvalue weighted by molar-refractivity contribution is 0.439. The van der Waals surface area contributed by atoms with Crippen LogP contribution in [0.15, 0.2) is 29.1 Å². The molecule has 3 nitrogen and oxygen atoms in total. The Balaban J connectivity index is 2.24. The highest BCUT2D eigenvalue weighted by atomic mass is 16.4. The zero-order valence-electron chi connectivity index (χ0n) is 9.16. The summed E-state index contributed by atoms with van der Waals surface area (Å²) in [5.74, 6) is 2.15. The van der Waals surface area contributed by atoms with Gasteiger partial charge in [-0.2, -0.15) is 0 Å². The predicted octanol–water partition coefficient (Wildman–Crippen LogP) is 3.57. The topological polar surface area (TPSA) is 41.8 Å². The molecule has 80 valence electrons. The standard InChI is InChI=1S/C12H16N2O/c1-3-9(4-2)12-14-8-11(15-12)10-5-6-13-7-10/h5-9,13H,3-4H2,1-2H3. The van der Waals surface area contributed by atoms with Crippen molar-refractivity contribution in [2.75, 3.05) is 0 Å². The van der Waals surface area contributed by atoms with Crippen molar-refractivity contribution in [2.45, 2.75) is 32.6 Å². The molecular formula is C12H16N2O. The molecule has 2 aromatic rings. The minimum atomic E-state index is 0.442. The van der Waals surface area contributed by atoms with E-state index in [9.17, 15) is 0 Å². The van der Waals surface area contributed by atoms with E-state index in [0.29, 0.717) is 5.92 Å². The Morgan fingerprint density at radius 1 is 1.40 bits per heavy atom. The van der Waals surface area contributed by atoms with Crippen LogP contribution in [-0.2, 0) is 0 Å². The fraction of sp³-hybridized carbons (Fsp3) is 0.417. The summed E-state index contributed by atoms with van der Waals surface area (Å²) in [5, 5.41) is 0. The van der Waals surface area contributed by atoms with Gasteiger partial charge in [0.1, 0.15) is 0 Å². The van der Waals surface area contributed by atoms with Gasteiger partial charge < -0.3 is 9.40 Å². The highest BCUT2D eigenvalue weighted by Gasteiger charge is 2.14. The third kappa shape index (κ3) is 1.96. The molecule has 0 spiro atoms. The molecule has 1 N–H and O–H groups in total. The van der Waals surface area contributed by atoms with Crippen molar-refractivity contribution in [2.24, 2.45) is 0 Å². The first-order valence-corrected chi connectivity index (χ1v) is 5.44. The maximum atomic E-state index is 5.74. The van der Waals surface area contributed by atoms with Gasteiger partial charge >= 0.3 is 0 Å². The SMILES string of the molecule is CCC(CC)c1ncc(-c2cc[nH]c2)o1. The van der Waals surface area contributed by atoms with Crippen molar-refractivity contribution in [3.63, 3.8) is 0 Å². The molecule has 0 aliphatic heterocycles. The molecule has 2 rings (SSSR count). The van der Waals surface area contributed by atoms with Gasteiger partial charge in [-0.3, -0.25) is 0 Å². The zero-order valence-corrected chi connectivity index (χ0v) is 9.16. The monoisotopic (exact) mass is 204 g/mol. The summed E-state index contributed by atoms with van der Waals surface area (Å²) in [6.45, 7) is 4.32. The van der Waals surface area contributed by atoms with Gasteiger partial charge in [0.2, 0.25) is 0 Å². The molecule has 0 unspecified atom stereocenters. The first-order chi connectivity index (χ1) is 7.35. The Kier molecular flexibility index (Phi) is 2.90. The number of hydrogen-bond donors (Lipinski definition) is 1. The molecule has 0 aliphatic rings. The van der Waals surface area contributed by atoms with Crippen molar-refractivity contribution in [1.82, 2.24) is 9.97 Å². The van der Waals surface area contributed by atoms with Crippen LogP contribution in [0.25, 0.3) is 11.3 Å². The Hall–Kier alpha value is -1.51. The third-order valence-electron chi connectivity index (χ3n) is 2.74. The fourth-order valence-corrected chi connectivity index (χ4v) is 1.72. The van der Waals surface area contributed by atoms with Gasteiger partial charge in [-0.25, -0.2) is 4.98 Å². The van der Waals surface area contributed by atoms with Crippen molar-refractivity contribution in [3.05, 3.63) is 30.5 Å². The van der Waals surface area contributed by atoms with Crippen LogP contribution < -0.4 is 0 Å². The number of hydrogen-bond acceptors (Lipinski definition) is 2. The van der Waals surface area contributed by atoms with Gasteiger partial charge in [-0.05, 0) is 18.9 Å². The third-order valence-corrected chi connectivity index (χ3v) is 2.74. The predicted molar refractivity (Wildman–Crippen MR) is 59.6 cm³/mol. The molecule has 0 aromatic carbocycles. The van der Waals surface area contributed by atoms with Crippen LogP contribution in [0.4, 0.5) is 0 Å². The summed E-state index contributed by atoms with van der Waals surface area (Å²) < 4.78 is 5.74. The van der Waals surface area contributed by atoms with Gasteiger partial charge in [0.05, 0.1) is 6.20 Å². The Morgan fingerprint density at radius 2 is 2.20 bits per heavy atom. The molecule has 0 fully saturated rings. The van der Waals surface area contributed by atoms with E-state index in [4.69, 9.17) is 4.42 Å². The molecule has 2 heterocycles. The van der Waals surface area contributed by atoms with Crippen LogP contribution in [0.1, 0.15) is 38.5 Å². The van der Waals surface area contributed by atoms with Crippen LogP contribution in [-0.4, -0.2) is 9.97 Å². The Morgan fingerprint density at radius 3 is 2.80 bits per heavy atom. The highest BCUT2D eigenvalue weighted by molar-refractivity contribution is 5.54. The molecule has 0 amide bonds. The van der Waals surface area contributed by atoms with Crippen molar-refractivity contribution in [3.8, 4) is 11.3 Å². The van der Waals surface area contributed by atoms with Crippen molar-refractivity contribution >= 4 is 0 Å². The smallest absolute Gasteiger partial charge is 0.197 e. The van der Waals surface area contributed by atoms with Crippen LogP contribution in [0.5, 0.6) is 0 Å². The minimum absolute atomic E-state index is 0.442. The summed E-state index contributed by atoms with van der Waals surface area (Å²) in [6.07, 6.45) is 7.75. The fourth-order valence-electron chi connectivity index (χ4n) is 1.72. The molecule has 0 saturated carbocycles. The maximum Gasteiger partial charge on any atom is 0.197 e. The second-order valence-corrected chi connectivity index (χ2v) is 3.68. The van der Waals surface area contributed by atoms with Gasteiger partial charge in [0.15, 0.2) is 11.7 Å². The molecule has 0 atom stereocenters.